The fourth-order valence-corrected chi connectivity index (χ4v) is 4.75. The molecule has 0 atom stereocenters. The van der Waals surface area contributed by atoms with Gasteiger partial charge in [-0.05, 0) is 46.6 Å². The van der Waals surface area contributed by atoms with E-state index in [1.807, 2.05) is 19.1 Å². The van der Waals surface area contributed by atoms with E-state index in [1.54, 1.807) is 6.07 Å². The molecule has 1 heterocycles. The standard InChI is InChI=1S/C17H17BrN2O6S/c1-12-2-4-15(14(18)10-12)26-16-5-3-13(20(21)22)11-17(16)27(23,24)19-6-8-25-9-7-19/h2-5,10-11H,6-9H2,1H3. The zero-order valence-electron chi connectivity index (χ0n) is 14.4. The van der Waals surface area contributed by atoms with Crippen LogP contribution in [0.5, 0.6) is 11.5 Å². The molecule has 1 aliphatic rings. The third-order valence-corrected chi connectivity index (χ3v) is 6.57. The van der Waals surface area contributed by atoms with Crippen molar-refractivity contribution in [2.45, 2.75) is 11.8 Å². The SMILES string of the molecule is Cc1ccc(Oc2ccc([N+](=O)[O-])cc2S(=O)(=O)N2CCOCC2)c(Br)c1. The highest BCUT2D eigenvalue weighted by atomic mass is 79.9. The maximum atomic E-state index is 13.1. The lowest BCUT2D eigenvalue weighted by Gasteiger charge is -2.26. The number of aryl methyl sites for hydroxylation is 1. The van der Waals surface area contributed by atoms with Gasteiger partial charge in [0.15, 0.2) is 0 Å². The summed E-state index contributed by atoms with van der Waals surface area (Å²) in [6.45, 7) is 2.81. The first-order chi connectivity index (χ1) is 12.8. The minimum Gasteiger partial charge on any atom is -0.455 e. The molecule has 0 aromatic heterocycles. The highest BCUT2D eigenvalue weighted by Crippen LogP contribution is 2.37. The quantitative estimate of drug-likeness (QED) is 0.504. The zero-order chi connectivity index (χ0) is 19.6. The Labute approximate surface area is 165 Å². The zero-order valence-corrected chi connectivity index (χ0v) is 16.8. The van der Waals surface area contributed by atoms with Crippen LogP contribution in [0.15, 0.2) is 45.8 Å². The third-order valence-electron chi connectivity index (χ3n) is 4.03. The predicted molar refractivity (Wildman–Crippen MR) is 102 cm³/mol. The van der Waals surface area contributed by atoms with E-state index in [0.717, 1.165) is 11.6 Å². The van der Waals surface area contributed by atoms with Crippen molar-refractivity contribution >= 4 is 31.6 Å². The summed E-state index contributed by atoms with van der Waals surface area (Å²) in [7, 11) is -3.98. The molecule has 144 valence electrons. The lowest BCUT2D eigenvalue weighted by atomic mass is 10.2. The maximum absolute atomic E-state index is 13.1. The minimum atomic E-state index is -3.98. The molecule has 0 bridgehead atoms. The number of sulfonamides is 1. The van der Waals surface area contributed by atoms with Crippen molar-refractivity contribution in [2.24, 2.45) is 0 Å². The molecule has 1 fully saturated rings. The Morgan fingerprint density at radius 2 is 1.81 bits per heavy atom. The second-order valence-electron chi connectivity index (χ2n) is 5.94. The van der Waals surface area contributed by atoms with E-state index in [9.17, 15) is 18.5 Å². The molecule has 0 saturated carbocycles. The van der Waals surface area contributed by atoms with Crippen molar-refractivity contribution in [1.82, 2.24) is 4.31 Å². The lowest BCUT2D eigenvalue weighted by Crippen LogP contribution is -2.40. The van der Waals surface area contributed by atoms with Crippen LogP contribution in [-0.4, -0.2) is 43.9 Å². The highest BCUT2D eigenvalue weighted by molar-refractivity contribution is 9.10. The molecule has 0 amide bonds. The minimum absolute atomic E-state index is 0.0247. The number of morpholine rings is 1. The van der Waals surface area contributed by atoms with E-state index < -0.39 is 14.9 Å². The second kappa shape index (κ2) is 7.93. The molecule has 0 N–H and O–H groups in total. The molecular weight excluding hydrogens is 440 g/mol. The van der Waals surface area contributed by atoms with Crippen LogP contribution < -0.4 is 4.74 Å². The highest BCUT2D eigenvalue weighted by Gasteiger charge is 2.31. The number of rotatable bonds is 5. The summed E-state index contributed by atoms with van der Waals surface area (Å²) in [6, 6.07) is 8.90. The molecule has 0 radical (unpaired) electrons. The molecule has 0 spiro atoms. The van der Waals surface area contributed by atoms with Crippen molar-refractivity contribution < 1.29 is 22.8 Å². The fourth-order valence-electron chi connectivity index (χ4n) is 2.63. The van der Waals surface area contributed by atoms with Crippen LogP contribution >= 0.6 is 15.9 Å². The molecule has 10 heteroatoms. The average Bonchev–Trinajstić information content (AvgIpc) is 2.64. The van der Waals surface area contributed by atoms with Crippen LogP contribution in [0.1, 0.15) is 5.56 Å². The topological polar surface area (TPSA) is 99.0 Å². The van der Waals surface area contributed by atoms with E-state index in [-0.39, 0.29) is 42.6 Å². The maximum Gasteiger partial charge on any atom is 0.271 e. The van der Waals surface area contributed by atoms with Crippen LogP contribution in [0.3, 0.4) is 0 Å². The number of hydrogen-bond donors (Lipinski definition) is 0. The fraction of sp³-hybridized carbons (Fsp3) is 0.294. The Bertz CT molecular complexity index is 973. The molecular formula is C17H17BrN2O6S. The average molecular weight is 457 g/mol. The summed E-state index contributed by atoms with van der Waals surface area (Å²) >= 11 is 3.38. The predicted octanol–water partition coefficient (Wildman–Crippen LogP) is 3.48. The molecule has 2 aromatic carbocycles. The summed E-state index contributed by atoms with van der Waals surface area (Å²) < 4.78 is 39.0. The first-order valence-electron chi connectivity index (χ1n) is 8.09. The number of non-ortho nitro benzene ring substituents is 1. The van der Waals surface area contributed by atoms with Gasteiger partial charge >= 0.3 is 0 Å². The van der Waals surface area contributed by atoms with Gasteiger partial charge < -0.3 is 9.47 Å². The monoisotopic (exact) mass is 456 g/mol. The first-order valence-corrected chi connectivity index (χ1v) is 10.3. The number of nitro benzene ring substituents is 1. The lowest BCUT2D eigenvalue weighted by molar-refractivity contribution is -0.385. The third kappa shape index (κ3) is 4.29. The van der Waals surface area contributed by atoms with Crippen LogP contribution in [0.25, 0.3) is 0 Å². The molecule has 27 heavy (non-hydrogen) atoms. The van der Waals surface area contributed by atoms with Gasteiger partial charge in [0.1, 0.15) is 16.4 Å². The van der Waals surface area contributed by atoms with Crippen molar-refractivity contribution in [3.8, 4) is 11.5 Å². The Morgan fingerprint density at radius 1 is 1.15 bits per heavy atom. The number of hydrogen-bond acceptors (Lipinski definition) is 6. The van der Waals surface area contributed by atoms with Gasteiger partial charge in [-0.25, -0.2) is 8.42 Å². The van der Waals surface area contributed by atoms with Crippen LogP contribution in [0.4, 0.5) is 5.69 Å². The van der Waals surface area contributed by atoms with Gasteiger partial charge in [-0.1, -0.05) is 6.07 Å². The number of halogens is 1. The van der Waals surface area contributed by atoms with E-state index >= 15 is 0 Å². The van der Waals surface area contributed by atoms with Gasteiger partial charge in [0.05, 0.1) is 22.6 Å². The summed E-state index contributed by atoms with van der Waals surface area (Å²) in [5, 5.41) is 11.1. The van der Waals surface area contributed by atoms with Crippen LogP contribution in [0, 0.1) is 17.0 Å². The van der Waals surface area contributed by atoms with Crippen LogP contribution in [0.2, 0.25) is 0 Å². The van der Waals surface area contributed by atoms with E-state index in [0.29, 0.717) is 10.2 Å². The molecule has 1 saturated heterocycles. The second-order valence-corrected chi connectivity index (χ2v) is 8.70. The summed E-state index contributed by atoms with van der Waals surface area (Å²) in [4.78, 5) is 10.3. The van der Waals surface area contributed by atoms with Gasteiger partial charge in [0.25, 0.3) is 5.69 Å². The molecule has 2 aromatic rings. The number of benzene rings is 2. The molecule has 0 unspecified atom stereocenters. The number of ether oxygens (including phenoxy) is 2. The van der Waals surface area contributed by atoms with E-state index in [4.69, 9.17) is 9.47 Å². The largest absolute Gasteiger partial charge is 0.455 e. The van der Waals surface area contributed by atoms with Crippen molar-refractivity contribution in [1.29, 1.82) is 0 Å². The van der Waals surface area contributed by atoms with Crippen molar-refractivity contribution in [3.05, 3.63) is 56.5 Å². The Morgan fingerprint density at radius 3 is 2.44 bits per heavy atom. The molecule has 3 rings (SSSR count). The van der Waals surface area contributed by atoms with Crippen molar-refractivity contribution in [2.75, 3.05) is 26.3 Å². The van der Waals surface area contributed by atoms with E-state index in [2.05, 4.69) is 15.9 Å². The summed E-state index contributed by atoms with van der Waals surface area (Å²) in [5.41, 5.74) is 0.677. The summed E-state index contributed by atoms with van der Waals surface area (Å²) in [6.07, 6.45) is 0. The Balaban J connectivity index is 2.06. The Hall–Kier alpha value is -2.01. The summed E-state index contributed by atoms with van der Waals surface area (Å²) in [5.74, 6) is 0.435. The normalized spacial score (nSPS) is 15.5. The smallest absolute Gasteiger partial charge is 0.271 e. The molecule has 8 nitrogen and oxygen atoms in total. The molecule has 1 aliphatic heterocycles. The van der Waals surface area contributed by atoms with Crippen molar-refractivity contribution in [3.63, 3.8) is 0 Å². The first kappa shape index (κ1) is 19.7. The van der Waals surface area contributed by atoms with Gasteiger partial charge in [-0.2, -0.15) is 4.31 Å². The van der Waals surface area contributed by atoms with Gasteiger partial charge in [-0.15, -0.1) is 0 Å². The van der Waals surface area contributed by atoms with Gasteiger partial charge in [-0.3, -0.25) is 10.1 Å². The number of nitro groups is 1. The van der Waals surface area contributed by atoms with Gasteiger partial charge in [0.2, 0.25) is 10.0 Å². The Kier molecular flexibility index (Phi) is 5.80. The molecule has 0 aliphatic carbocycles. The van der Waals surface area contributed by atoms with Gasteiger partial charge in [0, 0.05) is 25.2 Å². The van der Waals surface area contributed by atoms with E-state index in [1.165, 1.54) is 16.4 Å². The van der Waals surface area contributed by atoms with Crippen LogP contribution in [-0.2, 0) is 14.8 Å². The number of nitrogens with zero attached hydrogens (tertiary/aromatic N) is 2.